The van der Waals surface area contributed by atoms with Crippen LogP contribution in [0, 0.1) is 0 Å². The predicted octanol–water partition coefficient (Wildman–Crippen LogP) is 2.22. The molecule has 2 amide bonds. The number of urea groups is 1. The van der Waals surface area contributed by atoms with Gasteiger partial charge in [0.1, 0.15) is 5.76 Å². The minimum Gasteiger partial charge on any atom is -0.468 e. The van der Waals surface area contributed by atoms with Crippen molar-refractivity contribution in [2.75, 3.05) is 51.8 Å². The van der Waals surface area contributed by atoms with Gasteiger partial charge in [-0.05, 0) is 43.9 Å². The van der Waals surface area contributed by atoms with Crippen molar-refractivity contribution in [3.8, 4) is 0 Å². The molecule has 7 heteroatoms. The van der Waals surface area contributed by atoms with E-state index in [1.54, 1.807) is 6.26 Å². The van der Waals surface area contributed by atoms with Crippen LogP contribution in [0.4, 0.5) is 10.5 Å². The molecule has 1 fully saturated rings. The number of benzene rings is 1. The maximum atomic E-state index is 12.1. The van der Waals surface area contributed by atoms with Gasteiger partial charge in [0.25, 0.3) is 0 Å². The molecule has 1 unspecified atom stereocenters. The molecule has 1 saturated heterocycles. The lowest BCUT2D eigenvalue weighted by Gasteiger charge is -2.28. The summed E-state index contributed by atoms with van der Waals surface area (Å²) < 4.78 is 10.8. The summed E-state index contributed by atoms with van der Waals surface area (Å²) in [6, 6.07) is 11.9. The van der Waals surface area contributed by atoms with Gasteiger partial charge in [-0.15, -0.1) is 0 Å². The number of hydrogen-bond donors (Lipinski definition) is 2. The molecule has 3 rings (SSSR count). The van der Waals surface area contributed by atoms with Gasteiger partial charge in [0.05, 0.1) is 25.5 Å². The number of carbonyl (C=O) groups excluding carboxylic acids is 1. The van der Waals surface area contributed by atoms with Crippen molar-refractivity contribution in [1.82, 2.24) is 15.5 Å². The molecular formula is C20H28N4O3. The fraction of sp³-hybridized carbons (Fsp3) is 0.450. The van der Waals surface area contributed by atoms with Crippen molar-refractivity contribution in [3.63, 3.8) is 0 Å². The summed E-state index contributed by atoms with van der Waals surface area (Å²) in [5, 5.41) is 5.82. The van der Waals surface area contributed by atoms with Gasteiger partial charge in [0.15, 0.2) is 0 Å². The highest BCUT2D eigenvalue weighted by Gasteiger charge is 2.17. The second kappa shape index (κ2) is 9.43. The van der Waals surface area contributed by atoms with Crippen LogP contribution < -0.4 is 15.5 Å². The van der Waals surface area contributed by atoms with Gasteiger partial charge in [-0.2, -0.15) is 0 Å². The Kier molecular flexibility index (Phi) is 6.73. The van der Waals surface area contributed by atoms with Crippen LogP contribution in [0.15, 0.2) is 47.1 Å². The third-order valence-corrected chi connectivity index (χ3v) is 4.72. The first-order chi connectivity index (χ1) is 13.1. The normalized spacial score (nSPS) is 15.6. The minimum atomic E-state index is -0.189. The predicted molar refractivity (Wildman–Crippen MR) is 105 cm³/mol. The van der Waals surface area contributed by atoms with Crippen molar-refractivity contribution in [2.45, 2.75) is 12.6 Å². The lowest BCUT2D eigenvalue weighted by molar-refractivity contribution is 0.122. The van der Waals surface area contributed by atoms with Crippen molar-refractivity contribution in [1.29, 1.82) is 0 Å². The van der Waals surface area contributed by atoms with Crippen LogP contribution in [0.5, 0.6) is 0 Å². The summed E-state index contributed by atoms with van der Waals surface area (Å²) in [6.45, 7) is 4.35. The summed E-state index contributed by atoms with van der Waals surface area (Å²) >= 11 is 0. The van der Waals surface area contributed by atoms with Crippen LogP contribution in [0.3, 0.4) is 0 Å². The maximum Gasteiger partial charge on any atom is 0.315 e. The third-order valence-electron chi connectivity index (χ3n) is 4.72. The smallest absolute Gasteiger partial charge is 0.315 e. The SMILES string of the molecule is CN(C)C(CNC(=O)NCc1ccc(N2CCOCC2)cc1)c1ccco1. The number of hydrogen-bond acceptors (Lipinski definition) is 5. The molecule has 0 spiro atoms. The molecule has 7 nitrogen and oxygen atoms in total. The first-order valence-electron chi connectivity index (χ1n) is 9.26. The Balaban J connectivity index is 1.44. The second-order valence-corrected chi connectivity index (χ2v) is 6.82. The average molecular weight is 372 g/mol. The number of likely N-dealkylation sites (N-methyl/N-ethyl adjacent to an activating group) is 1. The Labute approximate surface area is 160 Å². The number of amides is 2. The van der Waals surface area contributed by atoms with E-state index < -0.39 is 0 Å². The van der Waals surface area contributed by atoms with Crippen LogP contribution in [0.25, 0.3) is 0 Å². The summed E-state index contributed by atoms with van der Waals surface area (Å²) in [6.07, 6.45) is 1.65. The van der Waals surface area contributed by atoms with Gasteiger partial charge in [-0.1, -0.05) is 12.1 Å². The highest BCUT2D eigenvalue weighted by Crippen LogP contribution is 2.18. The van der Waals surface area contributed by atoms with Gasteiger partial charge in [0, 0.05) is 31.9 Å². The summed E-state index contributed by atoms with van der Waals surface area (Å²) in [7, 11) is 3.92. The van der Waals surface area contributed by atoms with Gasteiger partial charge in [-0.25, -0.2) is 4.79 Å². The Morgan fingerprint density at radius 2 is 1.89 bits per heavy atom. The van der Waals surface area contributed by atoms with Crippen molar-refractivity contribution >= 4 is 11.7 Å². The molecule has 0 saturated carbocycles. The van der Waals surface area contributed by atoms with Gasteiger partial charge < -0.3 is 24.7 Å². The van der Waals surface area contributed by atoms with E-state index in [2.05, 4.69) is 39.8 Å². The number of nitrogens with zero attached hydrogens (tertiary/aromatic N) is 2. The fourth-order valence-electron chi connectivity index (χ4n) is 3.10. The van der Waals surface area contributed by atoms with E-state index in [0.717, 1.165) is 37.6 Å². The molecule has 2 aromatic rings. The first-order valence-corrected chi connectivity index (χ1v) is 9.26. The Hall–Kier alpha value is -2.51. The molecule has 1 aliphatic rings. The van der Waals surface area contributed by atoms with Crippen LogP contribution in [0.2, 0.25) is 0 Å². The Morgan fingerprint density at radius 3 is 2.52 bits per heavy atom. The minimum absolute atomic E-state index is 0.00134. The van der Waals surface area contributed by atoms with Gasteiger partial charge in [0.2, 0.25) is 0 Å². The number of anilines is 1. The lowest BCUT2D eigenvalue weighted by atomic mass is 10.2. The highest BCUT2D eigenvalue weighted by atomic mass is 16.5. The van der Waals surface area contributed by atoms with Gasteiger partial charge >= 0.3 is 6.03 Å². The average Bonchev–Trinajstić information content (AvgIpc) is 3.22. The number of furan rings is 1. The second-order valence-electron chi connectivity index (χ2n) is 6.82. The molecule has 1 aliphatic heterocycles. The molecule has 0 bridgehead atoms. The molecule has 0 aliphatic carbocycles. The maximum absolute atomic E-state index is 12.1. The summed E-state index contributed by atoms with van der Waals surface area (Å²) in [5.41, 5.74) is 2.26. The lowest BCUT2D eigenvalue weighted by Crippen LogP contribution is -2.40. The van der Waals surface area contributed by atoms with Crippen LogP contribution in [0.1, 0.15) is 17.4 Å². The van der Waals surface area contributed by atoms with E-state index in [9.17, 15) is 4.79 Å². The molecular weight excluding hydrogens is 344 g/mol. The summed E-state index contributed by atoms with van der Waals surface area (Å²) in [4.78, 5) is 16.5. The molecule has 146 valence electrons. The molecule has 2 N–H and O–H groups in total. The molecule has 0 radical (unpaired) electrons. The van der Waals surface area contributed by atoms with Crippen LogP contribution in [-0.2, 0) is 11.3 Å². The molecule has 1 aromatic carbocycles. The van der Waals surface area contributed by atoms with E-state index >= 15 is 0 Å². The summed E-state index contributed by atoms with van der Waals surface area (Å²) in [5.74, 6) is 0.832. The van der Waals surface area contributed by atoms with Gasteiger partial charge in [-0.3, -0.25) is 4.90 Å². The van der Waals surface area contributed by atoms with E-state index in [4.69, 9.17) is 9.15 Å². The van der Waals surface area contributed by atoms with Crippen LogP contribution >= 0.6 is 0 Å². The zero-order chi connectivity index (χ0) is 19.1. The fourth-order valence-corrected chi connectivity index (χ4v) is 3.10. The van der Waals surface area contributed by atoms with E-state index in [0.29, 0.717) is 13.1 Å². The largest absolute Gasteiger partial charge is 0.468 e. The third kappa shape index (κ3) is 5.48. The quantitative estimate of drug-likeness (QED) is 0.780. The standard InChI is InChI=1S/C20H28N4O3/c1-23(2)18(19-4-3-11-27-19)15-22-20(25)21-14-16-5-7-17(8-6-16)24-9-12-26-13-10-24/h3-8,11,18H,9-10,12-15H2,1-2H3,(H2,21,22,25). The van der Waals surface area contributed by atoms with Crippen molar-refractivity contribution < 1.29 is 13.9 Å². The highest BCUT2D eigenvalue weighted by molar-refractivity contribution is 5.73. The number of ether oxygens (including phenoxy) is 1. The van der Waals surface area contributed by atoms with E-state index in [-0.39, 0.29) is 12.1 Å². The molecule has 2 heterocycles. The number of nitrogens with one attached hydrogen (secondary N) is 2. The number of morpholine rings is 1. The number of carbonyl (C=O) groups is 1. The van der Waals surface area contributed by atoms with Crippen LogP contribution in [-0.4, -0.2) is 57.9 Å². The zero-order valence-electron chi connectivity index (χ0n) is 16.0. The first kappa shape index (κ1) is 19.3. The van der Waals surface area contributed by atoms with Crippen molar-refractivity contribution in [2.24, 2.45) is 0 Å². The zero-order valence-corrected chi connectivity index (χ0v) is 16.0. The van der Waals surface area contributed by atoms with E-state index in [1.807, 2.05) is 31.1 Å². The Bertz CT molecular complexity index is 695. The topological polar surface area (TPSA) is 70.0 Å². The number of rotatable bonds is 7. The van der Waals surface area contributed by atoms with E-state index in [1.165, 1.54) is 5.69 Å². The molecule has 1 atom stereocenters. The Morgan fingerprint density at radius 1 is 1.15 bits per heavy atom. The molecule has 27 heavy (non-hydrogen) atoms. The molecule has 1 aromatic heterocycles. The van der Waals surface area contributed by atoms with Crippen molar-refractivity contribution in [3.05, 3.63) is 54.0 Å². The monoisotopic (exact) mass is 372 g/mol.